The highest BCUT2D eigenvalue weighted by Crippen LogP contribution is 2.25. The minimum atomic E-state index is -0.315. The lowest BCUT2D eigenvalue weighted by molar-refractivity contribution is -0.145. The summed E-state index contributed by atoms with van der Waals surface area (Å²) in [5, 5.41) is 0. The summed E-state index contributed by atoms with van der Waals surface area (Å²) < 4.78 is 25.1. The van der Waals surface area contributed by atoms with Crippen LogP contribution >= 0.6 is 0 Å². The molecule has 1 fully saturated rings. The zero-order valence-corrected chi connectivity index (χ0v) is 14.0. The maximum absolute atomic E-state index is 13.8. The molecule has 0 radical (unpaired) electrons. The summed E-state index contributed by atoms with van der Waals surface area (Å²) in [6.45, 7) is 5.77. The van der Waals surface area contributed by atoms with Crippen molar-refractivity contribution in [3.8, 4) is 11.3 Å². The van der Waals surface area contributed by atoms with Gasteiger partial charge in [-0.3, -0.25) is 4.79 Å². The van der Waals surface area contributed by atoms with Gasteiger partial charge in [0.15, 0.2) is 0 Å². The summed E-state index contributed by atoms with van der Waals surface area (Å²) >= 11 is 0. The lowest BCUT2D eigenvalue weighted by Gasteiger charge is -2.38. The Balaban J connectivity index is 1.60. The molecule has 0 unspecified atom stereocenters. The van der Waals surface area contributed by atoms with Gasteiger partial charge in [0.25, 0.3) is 0 Å². The summed E-state index contributed by atoms with van der Waals surface area (Å²) in [6, 6.07) is 10.0. The van der Waals surface area contributed by atoms with Crippen LogP contribution in [0.5, 0.6) is 0 Å². The number of nitrogens with zero attached hydrogens (tertiary/aromatic N) is 1. The zero-order chi connectivity index (χ0) is 17.2. The van der Waals surface area contributed by atoms with Crippen LogP contribution in [0, 0.1) is 5.82 Å². The number of morpholine rings is 1. The van der Waals surface area contributed by atoms with E-state index in [0.717, 1.165) is 0 Å². The monoisotopic (exact) mass is 331 g/mol. The topological polar surface area (TPSA) is 42.7 Å². The van der Waals surface area contributed by atoms with Crippen molar-refractivity contribution >= 4 is 5.91 Å². The second-order valence-corrected chi connectivity index (χ2v) is 6.67. The second kappa shape index (κ2) is 6.77. The van der Waals surface area contributed by atoms with Gasteiger partial charge >= 0.3 is 0 Å². The van der Waals surface area contributed by atoms with Crippen molar-refractivity contribution in [1.29, 1.82) is 0 Å². The SMILES string of the molecule is CC1(C)CN(C(=O)CCc2ccc(-c3ccccc3F)o2)CCO1. The second-order valence-electron chi connectivity index (χ2n) is 6.67. The Morgan fingerprint density at radius 3 is 2.79 bits per heavy atom. The molecule has 1 saturated heterocycles. The lowest BCUT2D eigenvalue weighted by Crippen LogP contribution is -2.50. The van der Waals surface area contributed by atoms with Gasteiger partial charge in [0.2, 0.25) is 5.91 Å². The molecule has 3 rings (SSSR count). The first-order chi connectivity index (χ1) is 11.4. The van der Waals surface area contributed by atoms with E-state index in [1.807, 2.05) is 18.7 Å². The van der Waals surface area contributed by atoms with Gasteiger partial charge in [0.1, 0.15) is 17.3 Å². The number of rotatable bonds is 4. The number of carbonyl (C=O) groups is 1. The molecule has 1 aromatic heterocycles. The Hall–Kier alpha value is -2.14. The van der Waals surface area contributed by atoms with Crippen molar-refractivity contribution in [2.75, 3.05) is 19.7 Å². The van der Waals surface area contributed by atoms with E-state index in [-0.39, 0.29) is 17.3 Å². The quantitative estimate of drug-likeness (QED) is 0.859. The van der Waals surface area contributed by atoms with Crippen molar-refractivity contribution in [1.82, 2.24) is 4.90 Å². The first-order valence-electron chi connectivity index (χ1n) is 8.20. The van der Waals surface area contributed by atoms with E-state index in [0.29, 0.717) is 49.6 Å². The highest BCUT2D eigenvalue weighted by molar-refractivity contribution is 5.76. The Kier molecular flexibility index (Phi) is 4.71. The van der Waals surface area contributed by atoms with E-state index < -0.39 is 0 Å². The molecule has 1 aliphatic heterocycles. The third-order valence-corrected chi connectivity index (χ3v) is 4.16. The van der Waals surface area contributed by atoms with E-state index in [4.69, 9.17) is 9.15 Å². The third kappa shape index (κ3) is 3.85. The molecule has 1 amide bonds. The molecule has 128 valence electrons. The number of ether oxygens (including phenoxy) is 1. The van der Waals surface area contributed by atoms with Gasteiger partial charge in [0, 0.05) is 25.9 Å². The molecule has 24 heavy (non-hydrogen) atoms. The van der Waals surface area contributed by atoms with Gasteiger partial charge in [-0.05, 0) is 38.1 Å². The number of aryl methyl sites for hydroxylation is 1. The lowest BCUT2D eigenvalue weighted by atomic mass is 10.1. The maximum atomic E-state index is 13.8. The number of halogens is 1. The largest absolute Gasteiger partial charge is 0.461 e. The Morgan fingerprint density at radius 1 is 1.25 bits per heavy atom. The molecular weight excluding hydrogens is 309 g/mol. The van der Waals surface area contributed by atoms with Crippen LogP contribution in [0.3, 0.4) is 0 Å². The molecule has 5 heteroatoms. The fraction of sp³-hybridized carbons (Fsp3) is 0.421. The van der Waals surface area contributed by atoms with Crippen LogP contribution in [0.15, 0.2) is 40.8 Å². The molecule has 0 N–H and O–H groups in total. The van der Waals surface area contributed by atoms with E-state index >= 15 is 0 Å². The van der Waals surface area contributed by atoms with E-state index in [1.165, 1.54) is 6.07 Å². The van der Waals surface area contributed by atoms with Gasteiger partial charge in [0.05, 0.1) is 17.8 Å². The highest BCUT2D eigenvalue weighted by atomic mass is 19.1. The Bertz CT molecular complexity index is 723. The van der Waals surface area contributed by atoms with Crippen LogP contribution in [0.2, 0.25) is 0 Å². The normalized spacial score (nSPS) is 17.0. The van der Waals surface area contributed by atoms with Crippen LogP contribution in [-0.2, 0) is 16.0 Å². The fourth-order valence-electron chi connectivity index (χ4n) is 2.94. The first kappa shape index (κ1) is 16.7. The third-order valence-electron chi connectivity index (χ3n) is 4.16. The zero-order valence-electron chi connectivity index (χ0n) is 14.0. The molecular formula is C19H22FNO3. The van der Waals surface area contributed by atoms with Crippen molar-refractivity contribution in [3.63, 3.8) is 0 Å². The molecule has 2 aromatic rings. The highest BCUT2D eigenvalue weighted by Gasteiger charge is 2.29. The molecule has 0 aliphatic carbocycles. The minimum Gasteiger partial charge on any atom is -0.461 e. The smallest absolute Gasteiger partial charge is 0.223 e. The Labute approximate surface area is 141 Å². The van der Waals surface area contributed by atoms with E-state index in [2.05, 4.69) is 0 Å². The standard InChI is InChI=1S/C19H22FNO3/c1-19(2)13-21(11-12-23-19)18(22)10-8-14-7-9-17(24-14)15-5-3-4-6-16(15)20/h3-7,9H,8,10-13H2,1-2H3. The van der Waals surface area contributed by atoms with Crippen LogP contribution < -0.4 is 0 Å². The van der Waals surface area contributed by atoms with Gasteiger partial charge < -0.3 is 14.1 Å². The predicted molar refractivity (Wildman–Crippen MR) is 89.0 cm³/mol. The summed E-state index contributed by atoms with van der Waals surface area (Å²) in [5.41, 5.74) is 0.140. The molecule has 0 bridgehead atoms. The first-order valence-corrected chi connectivity index (χ1v) is 8.20. The number of furan rings is 1. The number of benzene rings is 1. The van der Waals surface area contributed by atoms with Crippen LogP contribution in [-0.4, -0.2) is 36.1 Å². The summed E-state index contributed by atoms with van der Waals surface area (Å²) in [6.07, 6.45) is 0.880. The van der Waals surface area contributed by atoms with Gasteiger partial charge in [-0.25, -0.2) is 4.39 Å². The van der Waals surface area contributed by atoms with Gasteiger partial charge in [-0.1, -0.05) is 12.1 Å². The average Bonchev–Trinajstić information content (AvgIpc) is 3.01. The average molecular weight is 331 g/mol. The number of carbonyl (C=O) groups excluding carboxylic acids is 1. The van der Waals surface area contributed by atoms with Crippen molar-refractivity contribution in [2.24, 2.45) is 0 Å². The van der Waals surface area contributed by atoms with E-state index in [1.54, 1.807) is 30.3 Å². The fourth-order valence-corrected chi connectivity index (χ4v) is 2.94. The molecule has 4 nitrogen and oxygen atoms in total. The number of amides is 1. The molecule has 1 aromatic carbocycles. The van der Waals surface area contributed by atoms with Crippen molar-refractivity contribution < 1.29 is 18.3 Å². The number of hydrogen-bond acceptors (Lipinski definition) is 3. The molecule has 2 heterocycles. The summed E-state index contributed by atoms with van der Waals surface area (Å²) in [7, 11) is 0. The van der Waals surface area contributed by atoms with Gasteiger partial charge in [-0.15, -0.1) is 0 Å². The molecule has 0 spiro atoms. The van der Waals surface area contributed by atoms with Crippen LogP contribution in [0.4, 0.5) is 4.39 Å². The summed E-state index contributed by atoms with van der Waals surface area (Å²) in [4.78, 5) is 14.2. The van der Waals surface area contributed by atoms with E-state index in [9.17, 15) is 9.18 Å². The van der Waals surface area contributed by atoms with Crippen LogP contribution in [0.25, 0.3) is 11.3 Å². The van der Waals surface area contributed by atoms with Crippen molar-refractivity contribution in [3.05, 3.63) is 48.0 Å². The minimum absolute atomic E-state index is 0.0928. The molecule has 0 atom stereocenters. The summed E-state index contributed by atoms with van der Waals surface area (Å²) in [5.74, 6) is 0.956. The number of hydrogen-bond donors (Lipinski definition) is 0. The van der Waals surface area contributed by atoms with Gasteiger partial charge in [-0.2, -0.15) is 0 Å². The Morgan fingerprint density at radius 2 is 2.04 bits per heavy atom. The molecule has 1 aliphatic rings. The van der Waals surface area contributed by atoms with Crippen LogP contribution in [0.1, 0.15) is 26.0 Å². The van der Waals surface area contributed by atoms with Crippen molar-refractivity contribution in [2.45, 2.75) is 32.3 Å². The predicted octanol–water partition coefficient (Wildman–Crippen LogP) is 3.66. The molecule has 0 saturated carbocycles. The maximum Gasteiger partial charge on any atom is 0.223 e.